The molecule has 0 heterocycles. The van der Waals surface area contributed by atoms with Crippen LogP contribution in [0.3, 0.4) is 0 Å². The Labute approximate surface area is 148 Å². The first kappa shape index (κ1) is 18.2. The van der Waals surface area contributed by atoms with Crippen molar-refractivity contribution in [2.75, 3.05) is 18.0 Å². The minimum absolute atomic E-state index is 0.354. The van der Waals surface area contributed by atoms with Gasteiger partial charge in [-0.2, -0.15) is 0 Å². The zero-order chi connectivity index (χ0) is 17.5. The molecule has 0 aromatic heterocycles. The fourth-order valence-corrected chi connectivity index (χ4v) is 2.72. The summed E-state index contributed by atoms with van der Waals surface area (Å²) in [5.74, 6) is -1.01. The van der Waals surface area contributed by atoms with Crippen LogP contribution in [0.2, 0.25) is 5.02 Å². The van der Waals surface area contributed by atoms with E-state index in [0.717, 1.165) is 31.6 Å². The summed E-state index contributed by atoms with van der Waals surface area (Å²) < 4.78 is 0. The fraction of sp³-hybridized carbons (Fsp3) is 0.300. The molecule has 2 rings (SSSR count). The molecule has 2 aromatic carbocycles. The van der Waals surface area contributed by atoms with Gasteiger partial charge in [0.1, 0.15) is 0 Å². The van der Waals surface area contributed by atoms with Gasteiger partial charge in [-0.1, -0.05) is 25.4 Å². The third kappa shape index (κ3) is 4.45. The third-order valence-electron chi connectivity index (χ3n) is 3.79. The first-order valence-corrected chi connectivity index (χ1v) is 8.64. The van der Waals surface area contributed by atoms with E-state index in [-0.39, 0.29) is 0 Å². The number of hydrogen-bond donors (Lipinski definition) is 0. The zero-order valence-electron chi connectivity index (χ0n) is 14.1. The Balaban J connectivity index is 2.15. The number of ketones is 2. The maximum absolute atomic E-state index is 12.4. The van der Waals surface area contributed by atoms with Gasteiger partial charge in [0.05, 0.1) is 0 Å². The molecule has 0 saturated heterocycles. The molecule has 0 radical (unpaired) electrons. The van der Waals surface area contributed by atoms with Crippen molar-refractivity contribution in [2.45, 2.75) is 26.7 Å². The number of hydrogen-bond acceptors (Lipinski definition) is 3. The van der Waals surface area contributed by atoms with Crippen LogP contribution in [0.25, 0.3) is 0 Å². The average Bonchev–Trinajstić information content (AvgIpc) is 2.61. The second kappa shape index (κ2) is 8.65. The molecule has 0 aliphatic heterocycles. The summed E-state index contributed by atoms with van der Waals surface area (Å²) in [7, 11) is 0. The standard InChI is InChI=1S/C20H22ClNO2/c1-3-13-22(14-4-2)18-11-7-16(8-12-18)20(24)19(23)15-5-9-17(21)10-6-15/h5-12H,3-4,13-14H2,1-2H3. The fourth-order valence-electron chi connectivity index (χ4n) is 2.60. The summed E-state index contributed by atoms with van der Waals surface area (Å²) in [6, 6.07) is 13.6. The largest absolute Gasteiger partial charge is 0.372 e. The topological polar surface area (TPSA) is 37.4 Å². The molecule has 0 fully saturated rings. The van der Waals surface area contributed by atoms with E-state index in [1.54, 1.807) is 36.4 Å². The number of carbonyl (C=O) groups is 2. The van der Waals surface area contributed by atoms with Gasteiger partial charge in [0.25, 0.3) is 0 Å². The quantitative estimate of drug-likeness (QED) is 0.498. The van der Waals surface area contributed by atoms with Crippen molar-refractivity contribution in [1.82, 2.24) is 0 Å². The van der Waals surface area contributed by atoms with Crippen molar-refractivity contribution in [1.29, 1.82) is 0 Å². The van der Waals surface area contributed by atoms with Gasteiger partial charge in [-0.15, -0.1) is 0 Å². The van der Waals surface area contributed by atoms with Crippen molar-refractivity contribution in [3.63, 3.8) is 0 Å². The predicted molar refractivity (Wildman–Crippen MR) is 99.4 cm³/mol. The predicted octanol–water partition coefficient (Wildman–Crippen LogP) is 5.03. The lowest BCUT2D eigenvalue weighted by atomic mass is 10.0. The normalized spacial score (nSPS) is 10.5. The van der Waals surface area contributed by atoms with E-state index >= 15 is 0 Å². The molecule has 24 heavy (non-hydrogen) atoms. The average molecular weight is 344 g/mol. The van der Waals surface area contributed by atoms with Crippen LogP contribution in [0, 0.1) is 0 Å². The highest BCUT2D eigenvalue weighted by Crippen LogP contribution is 2.18. The summed E-state index contributed by atoms with van der Waals surface area (Å²) in [5, 5.41) is 0.537. The minimum Gasteiger partial charge on any atom is -0.372 e. The number of benzene rings is 2. The Morgan fingerprint density at radius 1 is 0.792 bits per heavy atom. The molecule has 0 N–H and O–H groups in total. The molecule has 0 aliphatic rings. The highest BCUT2D eigenvalue weighted by Gasteiger charge is 2.18. The van der Waals surface area contributed by atoms with Gasteiger partial charge in [0, 0.05) is 34.9 Å². The van der Waals surface area contributed by atoms with E-state index in [2.05, 4.69) is 18.7 Å². The molecule has 0 amide bonds. The Morgan fingerprint density at radius 3 is 1.62 bits per heavy atom. The SMILES string of the molecule is CCCN(CCC)c1ccc(C(=O)C(=O)c2ccc(Cl)cc2)cc1. The molecule has 0 aliphatic carbocycles. The molecule has 0 atom stereocenters. The van der Waals surface area contributed by atoms with E-state index in [1.807, 2.05) is 12.1 Å². The van der Waals surface area contributed by atoms with Crippen LogP contribution in [0.15, 0.2) is 48.5 Å². The van der Waals surface area contributed by atoms with E-state index in [0.29, 0.717) is 16.1 Å². The lowest BCUT2D eigenvalue weighted by Gasteiger charge is -2.23. The molecule has 0 spiro atoms. The molecule has 0 saturated carbocycles. The zero-order valence-corrected chi connectivity index (χ0v) is 14.8. The van der Waals surface area contributed by atoms with Gasteiger partial charge in [-0.25, -0.2) is 0 Å². The molecule has 0 unspecified atom stereocenters. The molecular weight excluding hydrogens is 322 g/mol. The van der Waals surface area contributed by atoms with Crippen molar-refractivity contribution >= 4 is 28.9 Å². The Morgan fingerprint density at radius 2 is 1.21 bits per heavy atom. The molecular formula is C20H22ClNO2. The van der Waals surface area contributed by atoms with Crippen molar-refractivity contribution < 1.29 is 9.59 Å². The van der Waals surface area contributed by atoms with E-state index in [9.17, 15) is 9.59 Å². The van der Waals surface area contributed by atoms with Gasteiger partial charge in [-0.05, 0) is 61.4 Å². The van der Waals surface area contributed by atoms with E-state index < -0.39 is 11.6 Å². The number of anilines is 1. The second-order valence-electron chi connectivity index (χ2n) is 5.70. The molecule has 2 aromatic rings. The summed E-state index contributed by atoms with van der Waals surface area (Å²) in [5.41, 5.74) is 1.84. The van der Waals surface area contributed by atoms with E-state index in [4.69, 9.17) is 11.6 Å². The maximum Gasteiger partial charge on any atom is 0.233 e. The second-order valence-corrected chi connectivity index (χ2v) is 6.14. The van der Waals surface area contributed by atoms with Gasteiger partial charge in [0.15, 0.2) is 0 Å². The van der Waals surface area contributed by atoms with Gasteiger partial charge in [0.2, 0.25) is 11.6 Å². The van der Waals surface area contributed by atoms with Gasteiger partial charge >= 0.3 is 0 Å². The van der Waals surface area contributed by atoms with Crippen LogP contribution in [0.1, 0.15) is 47.4 Å². The van der Waals surface area contributed by atoms with Gasteiger partial charge < -0.3 is 4.90 Å². The molecule has 3 nitrogen and oxygen atoms in total. The highest BCUT2D eigenvalue weighted by atomic mass is 35.5. The number of Topliss-reactive ketones (excluding diaryl/α,β-unsaturated/α-hetero) is 2. The van der Waals surface area contributed by atoms with Crippen LogP contribution in [0.5, 0.6) is 0 Å². The van der Waals surface area contributed by atoms with E-state index in [1.165, 1.54) is 0 Å². The maximum atomic E-state index is 12.4. The van der Waals surface area contributed by atoms with Gasteiger partial charge in [-0.3, -0.25) is 9.59 Å². The molecule has 4 heteroatoms. The van der Waals surface area contributed by atoms with Crippen molar-refractivity contribution in [3.05, 3.63) is 64.7 Å². The first-order chi connectivity index (χ1) is 11.6. The summed E-state index contributed by atoms with van der Waals surface area (Å²) >= 11 is 5.81. The number of nitrogens with zero attached hydrogens (tertiary/aromatic N) is 1. The summed E-state index contributed by atoms with van der Waals surface area (Å²) in [6.45, 7) is 6.24. The Hall–Kier alpha value is -2.13. The lowest BCUT2D eigenvalue weighted by Crippen LogP contribution is -2.24. The van der Waals surface area contributed by atoms with Crippen LogP contribution in [-0.2, 0) is 0 Å². The molecule has 126 valence electrons. The Kier molecular flexibility index (Phi) is 6.56. The lowest BCUT2D eigenvalue weighted by molar-refractivity contribution is 0.0817. The molecule has 0 bridgehead atoms. The van der Waals surface area contributed by atoms with Crippen molar-refractivity contribution in [3.8, 4) is 0 Å². The van der Waals surface area contributed by atoms with Crippen LogP contribution >= 0.6 is 11.6 Å². The number of rotatable bonds is 8. The summed E-state index contributed by atoms with van der Waals surface area (Å²) in [6.07, 6.45) is 2.13. The third-order valence-corrected chi connectivity index (χ3v) is 4.05. The van der Waals surface area contributed by atoms with Crippen LogP contribution < -0.4 is 4.90 Å². The van der Waals surface area contributed by atoms with Crippen molar-refractivity contribution in [2.24, 2.45) is 0 Å². The number of carbonyl (C=O) groups excluding carboxylic acids is 2. The first-order valence-electron chi connectivity index (χ1n) is 8.26. The smallest absolute Gasteiger partial charge is 0.233 e. The highest BCUT2D eigenvalue weighted by molar-refractivity contribution is 6.49. The minimum atomic E-state index is -0.515. The van der Waals surface area contributed by atoms with Crippen LogP contribution in [0.4, 0.5) is 5.69 Å². The summed E-state index contributed by atoms with van der Waals surface area (Å²) in [4.78, 5) is 26.9. The van der Waals surface area contributed by atoms with Crippen LogP contribution in [-0.4, -0.2) is 24.7 Å². The number of halogens is 1. The monoisotopic (exact) mass is 343 g/mol. The Bertz CT molecular complexity index is 687.